The van der Waals surface area contributed by atoms with Crippen molar-refractivity contribution >= 4 is 33.6 Å². The lowest BCUT2D eigenvalue weighted by Crippen LogP contribution is -2.17. The van der Waals surface area contributed by atoms with Gasteiger partial charge in [0.05, 0.1) is 20.9 Å². The Hall–Kier alpha value is -0.990. The summed E-state index contributed by atoms with van der Waals surface area (Å²) < 4.78 is 40.2. The van der Waals surface area contributed by atoms with Crippen molar-refractivity contribution in [3.8, 4) is 5.75 Å². The molecule has 1 N–H and O–H groups in total. The zero-order chi connectivity index (χ0) is 11.1. The van der Waals surface area contributed by atoms with Crippen LogP contribution in [0.1, 0.15) is 0 Å². The number of halogens is 4. The van der Waals surface area contributed by atoms with Gasteiger partial charge >= 0.3 is 6.36 Å². The van der Waals surface area contributed by atoms with Crippen molar-refractivity contribution in [2.75, 3.05) is 0 Å². The third-order valence-corrected chi connectivity index (χ3v) is 2.54. The van der Waals surface area contributed by atoms with Crippen molar-refractivity contribution in [1.82, 2.24) is 9.97 Å². The number of aromatic amines is 1. The average Bonchev–Trinajstić information content (AvgIpc) is 2.49. The van der Waals surface area contributed by atoms with Crippen LogP contribution in [-0.4, -0.2) is 16.3 Å². The fraction of sp³-hybridized carbons (Fsp3) is 0.125. The second-order valence-electron chi connectivity index (χ2n) is 2.75. The van der Waals surface area contributed by atoms with Crippen molar-refractivity contribution in [2.24, 2.45) is 0 Å². The highest BCUT2D eigenvalue weighted by Crippen LogP contribution is 2.30. The molecule has 7 heteroatoms. The number of hydrogen-bond donors (Lipinski definition) is 1. The van der Waals surface area contributed by atoms with E-state index < -0.39 is 6.36 Å². The molecule has 0 saturated heterocycles. The number of ether oxygens (including phenoxy) is 1. The number of rotatable bonds is 1. The van der Waals surface area contributed by atoms with Gasteiger partial charge in [-0.2, -0.15) is 0 Å². The average molecular weight is 328 g/mol. The Balaban J connectivity index is 2.46. The molecule has 0 amide bonds. The summed E-state index contributed by atoms with van der Waals surface area (Å²) in [6.07, 6.45) is -3.26. The molecule has 0 spiro atoms. The molecule has 2 aromatic rings. The van der Waals surface area contributed by atoms with E-state index in [9.17, 15) is 13.2 Å². The first-order valence-electron chi connectivity index (χ1n) is 3.84. The van der Waals surface area contributed by atoms with Crippen LogP contribution < -0.4 is 4.74 Å². The summed E-state index contributed by atoms with van der Waals surface area (Å²) in [5, 5.41) is 0. The van der Waals surface area contributed by atoms with Crippen LogP contribution in [0.2, 0.25) is 0 Å². The smallest absolute Gasteiger partial charge is 0.405 e. The highest BCUT2D eigenvalue weighted by molar-refractivity contribution is 14.1. The molecule has 80 valence electrons. The molecule has 0 bridgehead atoms. The fourth-order valence-corrected chi connectivity index (χ4v) is 1.72. The molecular formula is C8H4F3IN2O. The third-order valence-electron chi connectivity index (χ3n) is 1.70. The molecule has 0 aliphatic carbocycles. The highest BCUT2D eigenvalue weighted by Gasteiger charge is 2.32. The predicted octanol–water partition coefficient (Wildman–Crippen LogP) is 3.07. The molecule has 1 aromatic heterocycles. The first-order chi connectivity index (χ1) is 6.96. The number of H-pyrrole nitrogens is 1. The van der Waals surface area contributed by atoms with Gasteiger partial charge in [0.1, 0.15) is 5.75 Å². The van der Waals surface area contributed by atoms with Crippen LogP contribution in [-0.2, 0) is 0 Å². The first kappa shape index (κ1) is 10.5. The lowest BCUT2D eigenvalue weighted by atomic mass is 10.3. The Morgan fingerprint density at radius 1 is 1.33 bits per heavy atom. The van der Waals surface area contributed by atoms with Gasteiger partial charge < -0.3 is 9.72 Å². The van der Waals surface area contributed by atoms with Crippen molar-refractivity contribution in [1.29, 1.82) is 0 Å². The van der Waals surface area contributed by atoms with E-state index in [1.165, 1.54) is 12.4 Å². The van der Waals surface area contributed by atoms with E-state index in [1.54, 1.807) is 28.7 Å². The molecule has 15 heavy (non-hydrogen) atoms. The molecule has 2 rings (SSSR count). The molecule has 1 heterocycles. The monoisotopic (exact) mass is 328 g/mol. The second kappa shape index (κ2) is 3.54. The van der Waals surface area contributed by atoms with Crippen LogP contribution in [0.5, 0.6) is 5.75 Å². The van der Waals surface area contributed by atoms with Gasteiger partial charge in [0.25, 0.3) is 0 Å². The number of aromatic nitrogens is 2. The van der Waals surface area contributed by atoms with Gasteiger partial charge in [-0.3, -0.25) is 0 Å². The Labute approximate surface area is 95.8 Å². The number of nitrogens with one attached hydrogen (secondary N) is 1. The molecule has 0 radical (unpaired) electrons. The lowest BCUT2D eigenvalue weighted by molar-refractivity contribution is -0.274. The van der Waals surface area contributed by atoms with Gasteiger partial charge in [-0.15, -0.1) is 13.2 Å². The number of fused-ring (bicyclic) bond motifs is 1. The molecule has 0 unspecified atom stereocenters. The highest BCUT2D eigenvalue weighted by atomic mass is 127. The summed E-state index contributed by atoms with van der Waals surface area (Å²) in [6, 6.07) is 2.80. The van der Waals surface area contributed by atoms with Crippen molar-refractivity contribution in [3.05, 3.63) is 22.0 Å². The summed E-state index contributed by atoms with van der Waals surface area (Å²) >= 11 is 1.77. The molecule has 0 aliphatic heterocycles. The molecule has 0 atom stereocenters. The maximum Gasteiger partial charge on any atom is 0.573 e. The van der Waals surface area contributed by atoms with Crippen LogP contribution in [0, 0.1) is 3.57 Å². The quantitative estimate of drug-likeness (QED) is 0.817. The SMILES string of the molecule is FC(F)(F)Oc1cc2nc[nH]c2cc1I. The van der Waals surface area contributed by atoms with E-state index in [-0.39, 0.29) is 5.75 Å². The van der Waals surface area contributed by atoms with Crippen LogP contribution in [0.4, 0.5) is 13.2 Å². The Bertz CT molecular complexity index is 494. The molecule has 1 aromatic carbocycles. The second-order valence-corrected chi connectivity index (χ2v) is 3.91. The maximum absolute atomic E-state index is 12.0. The molecule has 0 saturated carbocycles. The van der Waals surface area contributed by atoms with Crippen LogP contribution >= 0.6 is 22.6 Å². The van der Waals surface area contributed by atoms with Gasteiger partial charge in [0.15, 0.2) is 0 Å². The summed E-state index contributed by atoms with van der Waals surface area (Å²) in [6.45, 7) is 0. The van der Waals surface area contributed by atoms with Gasteiger partial charge in [0.2, 0.25) is 0 Å². The van der Waals surface area contributed by atoms with E-state index in [1.807, 2.05) is 0 Å². The van der Waals surface area contributed by atoms with Crippen LogP contribution in [0.15, 0.2) is 18.5 Å². The third kappa shape index (κ3) is 2.33. The number of alkyl halides is 3. The Kier molecular flexibility index (Phi) is 2.49. The minimum atomic E-state index is -4.68. The predicted molar refractivity (Wildman–Crippen MR) is 55.5 cm³/mol. The topological polar surface area (TPSA) is 37.9 Å². The van der Waals surface area contributed by atoms with E-state index >= 15 is 0 Å². The Morgan fingerprint density at radius 2 is 2.07 bits per heavy atom. The largest absolute Gasteiger partial charge is 0.573 e. The summed E-state index contributed by atoms with van der Waals surface area (Å²) in [7, 11) is 0. The zero-order valence-electron chi connectivity index (χ0n) is 7.10. The number of imidazole rings is 1. The maximum atomic E-state index is 12.0. The summed E-state index contributed by atoms with van der Waals surface area (Å²) in [5.41, 5.74) is 1.11. The van der Waals surface area contributed by atoms with E-state index in [0.29, 0.717) is 14.6 Å². The van der Waals surface area contributed by atoms with Crippen molar-refractivity contribution in [3.63, 3.8) is 0 Å². The Morgan fingerprint density at radius 3 is 2.73 bits per heavy atom. The first-order valence-corrected chi connectivity index (χ1v) is 4.92. The molecule has 3 nitrogen and oxygen atoms in total. The fourth-order valence-electron chi connectivity index (χ4n) is 1.14. The number of benzene rings is 1. The van der Waals surface area contributed by atoms with Crippen molar-refractivity contribution in [2.45, 2.75) is 6.36 Å². The van der Waals surface area contributed by atoms with E-state index in [0.717, 1.165) is 0 Å². The zero-order valence-corrected chi connectivity index (χ0v) is 9.26. The molecular weight excluding hydrogens is 324 g/mol. The van der Waals surface area contributed by atoms with Gasteiger partial charge in [-0.25, -0.2) is 4.98 Å². The minimum Gasteiger partial charge on any atom is -0.405 e. The van der Waals surface area contributed by atoms with Gasteiger partial charge in [-0.1, -0.05) is 0 Å². The van der Waals surface area contributed by atoms with Gasteiger partial charge in [-0.05, 0) is 28.7 Å². The van der Waals surface area contributed by atoms with Crippen LogP contribution in [0.25, 0.3) is 11.0 Å². The normalized spacial score (nSPS) is 12.0. The molecule has 0 fully saturated rings. The van der Waals surface area contributed by atoms with E-state index in [2.05, 4.69) is 14.7 Å². The number of hydrogen-bond acceptors (Lipinski definition) is 2. The summed E-state index contributed by atoms with van der Waals surface area (Å²) in [5.74, 6) is -0.234. The standard InChI is InChI=1S/C8H4F3IN2O/c9-8(10,11)15-7-2-6-5(1-4(7)12)13-3-14-6/h1-3H,(H,13,14). The molecule has 0 aliphatic rings. The number of nitrogens with zero attached hydrogens (tertiary/aromatic N) is 1. The van der Waals surface area contributed by atoms with E-state index in [4.69, 9.17) is 0 Å². The van der Waals surface area contributed by atoms with Gasteiger partial charge in [0, 0.05) is 6.07 Å². The minimum absolute atomic E-state index is 0.234. The summed E-state index contributed by atoms with van der Waals surface area (Å²) in [4.78, 5) is 6.64. The lowest BCUT2D eigenvalue weighted by Gasteiger charge is -2.10. The van der Waals surface area contributed by atoms with Crippen LogP contribution in [0.3, 0.4) is 0 Å². The van der Waals surface area contributed by atoms with Crippen molar-refractivity contribution < 1.29 is 17.9 Å².